The third-order valence-electron chi connectivity index (χ3n) is 3.33. The quantitative estimate of drug-likeness (QED) is 0.785. The lowest BCUT2D eigenvalue weighted by atomic mass is 10.1. The second-order valence-corrected chi connectivity index (χ2v) is 4.60. The van der Waals surface area contributed by atoms with E-state index < -0.39 is 0 Å². The predicted molar refractivity (Wildman–Crippen MR) is 69.4 cm³/mol. The number of carbonyl (C=O) groups is 2. The Morgan fingerprint density at radius 3 is 2.78 bits per heavy atom. The largest absolute Gasteiger partial charge is 0.342 e. The third-order valence-corrected chi connectivity index (χ3v) is 3.33. The molecule has 1 fully saturated rings. The smallest absolute Gasteiger partial charge is 0.254 e. The number of hydrogen-bond donors (Lipinski definition) is 0. The predicted octanol–water partition coefficient (Wildman–Crippen LogP) is 1.16. The van der Waals surface area contributed by atoms with Crippen LogP contribution in [-0.4, -0.2) is 48.3 Å². The molecule has 1 heterocycles. The molecule has 0 radical (unpaired) electrons. The fraction of sp³-hybridized carbons (Fsp3) is 0.429. The lowest BCUT2D eigenvalue weighted by molar-refractivity contribution is -0.133. The van der Waals surface area contributed by atoms with Crippen LogP contribution in [0.2, 0.25) is 0 Å². The summed E-state index contributed by atoms with van der Waals surface area (Å²) in [5.74, 6) is -0.0482. The molecule has 0 aromatic heterocycles. The average molecular weight is 246 g/mol. The Morgan fingerprint density at radius 1 is 1.33 bits per heavy atom. The Morgan fingerprint density at radius 2 is 2.11 bits per heavy atom. The first-order valence-electron chi connectivity index (χ1n) is 6.24. The van der Waals surface area contributed by atoms with E-state index in [9.17, 15) is 9.59 Å². The van der Waals surface area contributed by atoms with E-state index in [1.807, 2.05) is 24.3 Å². The number of likely N-dealkylation sites (N-methyl/N-ethyl adjacent to an activating group) is 1. The normalized spacial score (nSPS) is 16.0. The van der Waals surface area contributed by atoms with Crippen LogP contribution in [-0.2, 0) is 11.2 Å². The highest BCUT2D eigenvalue weighted by molar-refractivity contribution is 5.97. The van der Waals surface area contributed by atoms with E-state index >= 15 is 0 Å². The standard InChI is InChI=1S/C14H18N2O2/c1-3-11-5-4-6-12(9-11)14(18)16-8-7-15(2)13(17)10-16/h4-6,9H,3,7-8,10H2,1-2H3. The monoisotopic (exact) mass is 246 g/mol. The number of benzene rings is 1. The zero-order valence-corrected chi connectivity index (χ0v) is 10.8. The molecule has 0 aliphatic carbocycles. The highest BCUT2D eigenvalue weighted by Crippen LogP contribution is 2.11. The molecule has 2 rings (SSSR count). The summed E-state index contributed by atoms with van der Waals surface area (Å²) in [6, 6.07) is 7.62. The minimum atomic E-state index is -0.0493. The zero-order chi connectivity index (χ0) is 13.1. The van der Waals surface area contributed by atoms with Crippen molar-refractivity contribution in [1.29, 1.82) is 0 Å². The Labute approximate surface area is 107 Å². The van der Waals surface area contributed by atoms with Crippen LogP contribution in [0, 0.1) is 0 Å². The van der Waals surface area contributed by atoms with Crippen molar-refractivity contribution in [3.05, 3.63) is 35.4 Å². The maximum absolute atomic E-state index is 12.3. The summed E-state index contributed by atoms with van der Waals surface area (Å²) >= 11 is 0. The van der Waals surface area contributed by atoms with E-state index in [-0.39, 0.29) is 18.4 Å². The highest BCUT2D eigenvalue weighted by atomic mass is 16.2. The van der Waals surface area contributed by atoms with Gasteiger partial charge in [0.2, 0.25) is 5.91 Å². The van der Waals surface area contributed by atoms with Gasteiger partial charge in [-0.05, 0) is 24.1 Å². The lowest BCUT2D eigenvalue weighted by Gasteiger charge is -2.32. The van der Waals surface area contributed by atoms with Crippen molar-refractivity contribution < 1.29 is 9.59 Å². The van der Waals surface area contributed by atoms with Gasteiger partial charge in [0.15, 0.2) is 0 Å². The second-order valence-electron chi connectivity index (χ2n) is 4.60. The number of nitrogens with zero attached hydrogens (tertiary/aromatic N) is 2. The summed E-state index contributed by atoms with van der Waals surface area (Å²) in [5, 5.41) is 0. The Kier molecular flexibility index (Phi) is 3.65. The molecule has 4 heteroatoms. The summed E-state index contributed by atoms with van der Waals surface area (Å²) in [7, 11) is 1.77. The maximum Gasteiger partial charge on any atom is 0.254 e. The average Bonchev–Trinajstić information content (AvgIpc) is 2.41. The molecular weight excluding hydrogens is 228 g/mol. The van der Waals surface area contributed by atoms with Crippen molar-refractivity contribution in [3.63, 3.8) is 0 Å². The molecule has 2 amide bonds. The van der Waals surface area contributed by atoms with Gasteiger partial charge in [0.1, 0.15) is 6.54 Å². The molecule has 0 saturated carbocycles. The molecule has 1 aromatic rings. The van der Waals surface area contributed by atoms with Gasteiger partial charge in [-0.2, -0.15) is 0 Å². The number of rotatable bonds is 2. The molecule has 1 saturated heterocycles. The number of hydrogen-bond acceptors (Lipinski definition) is 2. The second kappa shape index (κ2) is 5.21. The third kappa shape index (κ3) is 2.53. The van der Waals surface area contributed by atoms with E-state index in [2.05, 4.69) is 6.92 Å². The molecule has 4 nitrogen and oxygen atoms in total. The Balaban J connectivity index is 2.13. The van der Waals surface area contributed by atoms with Crippen molar-refractivity contribution >= 4 is 11.8 Å². The fourth-order valence-electron chi connectivity index (χ4n) is 2.04. The van der Waals surface area contributed by atoms with Gasteiger partial charge in [0.05, 0.1) is 0 Å². The molecule has 0 N–H and O–H groups in total. The van der Waals surface area contributed by atoms with Crippen molar-refractivity contribution in [2.45, 2.75) is 13.3 Å². The molecule has 18 heavy (non-hydrogen) atoms. The van der Waals surface area contributed by atoms with Gasteiger partial charge < -0.3 is 9.80 Å². The van der Waals surface area contributed by atoms with Gasteiger partial charge in [-0.3, -0.25) is 9.59 Å². The fourth-order valence-corrected chi connectivity index (χ4v) is 2.04. The van der Waals surface area contributed by atoms with E-state index in [1.165, 1.54) is 0 Å². The van der Waals surface area contributed by atoms with Crippen molar-refractivity contribution in [2.75, 3.05) is 26.7 Å². The minimum absolute atomic E-state index is 0.00115. The van der Waals surface area contributed by atoms with Crippen LogP contribution in [0.4, 0.5) is 0 Å². The van der Waals surface area contributed by atoms with Crippen LogP contribution < -0.4 is 0 Å². The van der Waals surface area contributed by atoms with Gasteiger partial charge in [0.25, 0.3) is 5.91 Å². The molecule has 0 spiro atoms. The molecule has 0 bridgehead atoms. The van der Waals surface area contributed by atoms with Crippen LogP contribution in [0.1, 0.15) is 22.8 Å². The van der Waals surface area contributed by atoms with Crippen LogP contribution in [0.3, 0.4) is 0 Å². The van der Waals surface area contributed by atoms with Crippen LogP contribution in [0.25, 0.3) is 0 Å². The number of aryl methyl sites for hydroxylation is 1. The van der Waals surface area contributed by atoms with Crippen LogP contribution in [0.15, 0.2) is 24.3 Å². The first-order valence-corrected chi connectivity index (χ1v) is 6.24. The minimum Gasteiger partial charge on any atom is -0.342 e. The lowest BCUT2D eigenvalue weighted by Crippen LogP contribution is -2.50. The summed E-state index contributed by atoms with van der Waals surface area (Å²) < 4.78 is 0. The topological polar surface area (TPSA) is 40.6 Å². The molecule has 96 valence electrons. The van der Waals surface area contributed by atoms with Crippen molar-refractivity contribution in [3.8, 4) is 0 Å². The first-order chi connectivity index (χ1) is 8.61. The highest BCUT2D eigenvalue weighted by Gasteiger charge is 2.25. The number of piperazine rings is 1. The zero-order valence-electron chi connectivity index (χ0n) is 10.8. The number of carbonyl (C=O) groups excluding carboxylic acids is 2. The summed E-state index contributed by atoms with van der Waals surface area (Å²) in [6.45, 7) is 3.46. The molecule has 1 aromatic carbocycles. The van der Waals surface area contributed by atoms with Crippen LogP contribution >= 0.6 is 0 Å². The molecule has 1 aliphatic heterocycles. The van der Waals surface area contributed by atoms with Crippen molar-refractivity contribution in [1.82, 2.24) is 9.80 Å². The van der Waals surface area contributed by atoms with Crippen LogP contribution in [0.5, 0.6) is 0 Å². The molecular formula is C14H18N2O2. The van der Waals surface area contributed by atoms with Crippen molar-refractivity contribution in [2.24, 2.45) is 0 Å². The van der Waals surface area contributed by atoms with Gasteiger partial charge in [-0.25, -0.2) is 0 Å². The van der Waals surface area contributed by atoms with E-state index in [0.29, 0.717) is 18.7 Å². The van der Waals surface area contributed by atoms with Gasteiger partial charge in [-0.15, -0.1) is 0 Å². The van der Waals surface area contributed by atoms with Gasteiger partial charge >= 0.3 is 0 Å². The van der Waals surface area contributed by atoms with Gasteiger partial charge in [-0.1, -0.05) is 19.1 Å². The first kappa shape index (κ1) is 12.6. The Bertz CT molecular complexity index is 471. The SMILES string of the molecule is CCc1cccc(C(=O)N2CCN(C)C(=O)C2)c1. The number of amides is 2. The summed E-state index contributed by atoms with van der Waals surface area (Å²) in [6.07, 6.45) is 0.906. The van der Waals surface area contributed by atoms with Gasteiger partial charge in [0, 0.05) is 25.7 Å². The summed E-state index contributed by atoms with van der Waals surface area (Å²) in [5.41, 5.74) is 1.81. The van der Waals surface area contributed by atoms with E-state index in [4.69, 9.17) is 0 Å². The molecule has 0 unspecified atom stereocenters. The Hall–Kier alpha value is -1.84. The van der Waals surface area contributed by atoms with E-state index in [0.717, 1.165) is 12.0 Å². The summed E-state index contributed by atoms with van der Waals surface area (Å²) in [4.78, 5) is 27.2. The maximum atomic E-state index is 12.3. The molecule has 1 aliphatic rings. The molecule has 0 atom stereocenters. The van der Waals surface area contributed by atoms with E-state index in [1.54, 1.807) is 16.8 Å².